The smallest absolute Gasteiger partial charge is 0.181 e. The van der Waals surface area contributed by atoms with Crippen molar-refractivity contribution >= 4 is 0 Å². The van der Waals surface area contributed by atoms with Crippen LogP contribution in [0.3, 0.4) is 0 Å². The summed E-state index contributed by atoms with van der Waals surface area (Å²) in [5.41, 5.74) is 1.07. The number of hydrogen-bond acceptors (Lipinski definition) is 3. The third kappa shape index (κ3) is 1.80. The average molecular weight is 154 g/mol. The summed E-state index contributed by atoms with van der Waals surface area (Å²) >= 11 is 0. The number of nitrogens with zero attached hydrogens (tertiary/aromatic N) is 1. The lowest BCUT2D eigenvalue weighted by Crippen LogP contribution is -2.22. The minimum absolute atomic E-state index is 0.867. The molecule has 0 spiro atoms. The maximum atomic E-state index is 5.10. The molecular formula is C8H14N2O. The second kappa shape index (κ2) is 4.13. The topological polar surface area (TPSA) is 38.1 Å². The van der Waals surface area contributed by atoms with Crippen molar-refractivity contribution in [2.24, 2.45) is 0 Å². The Morgan fingerprint density at radius 3 is 3.09 bits per heavy atom. The zero-order valence-corrected chi connectivity index (χ0v) is 7.05. The second-order valence-corrected chi connectivity index (χ2v) is 2.15. The van der Waals surface area contributed by atoms with Gasteiger partial charge in [0.15, 0.2) is 6.39 Å². The van der Waals surface area contributed by atoms with E-state index in [1.54, 1.807) is 0 Å². The zero-order chi connectivity index (χ0) is 8.10. The Balaban J connectivity index is 0.000000281. The molecule has 3 nitrogen and oxygen atoms in total. The highest BCUT2D eigenvalue weighted by Gasteiger charge is 2.11. The minimum Gasteiger partial charge on any atom is -0.448 e. The highest BCUT2D eigenvalue weighted by molar-refractivity contribution is 5.09. The third-order valence-electron chi connectivity index (χ3n) is 1.55. The van der Waals surface area contributed by atoms with E-state index in [9.17, 15) is 0 Å². The van der Waals surface area contributed by atoms with Crippen molar-refractivity contribution in [3.8, 4) is 0 Å². The van der Waals surface area contributed by atoms with Crippen LogP contribution in [0.2, 0.25) is 0 Å². The summed E-state index contributed by atoms with van der Waals surface area (Å²) in [7, 11) is 0. The van der Waals surface area contributed by atoms with Crippen LogP contribution in [0.15, 0.2) is 10.8 Å². The van der Waals surface area contributed by atoms with Crippen LogP contribution in [-0.4, -0.2) is 11.5 Å². The van der Waals surface area contributed by atoms with Gasteiger partial charge in [0, 0.05) is 19.5 Å². The Kier molecular flexibility index (Phi) is 3.11. The number of rotatable bonds is 0. The van der Waals surface area contributed by atoms with Gasteiger partial charge in [-0.1, -0.05) is 13.8 Å². The van der Waals surface area contributed by atoms with E-state index in [1.807, 2.05) is 13.8 Å². The number of aromatic nitrogens is 1. The van der Waals surface area contributed by atoms with Gasteiger partial charge in [0.1, 0.15) is 5.76 Å². The van der Waals surface area contributed by atoms with E-state index in [0.29, 0.717) is 0 Å². The molecule has 0 amide bonds. The summed E-state index contributed by atoms with van der Waals surface area (Å²) in [6.45, 7) is 5.88. The Hall–Kier alpha value is -0.830. The molecule has 0 fully saturated rings. The van der Waals surface area contributed by atoms with Crippen LogP contribution in [0.5, 0.6) is 0 Å². The fourth-order valence-corrected chi connectivity index (χ4v) is 1.05. The number of oxazole rings is 1. The molecule has 0 unspecified atom stereocenters. The summed E-state index contributed by atoms with van der Waals surface area (Å²) in [4.78, 5) is 4.03. The molecule has 11 heavy (non-hydrogen) atoms. The van der Waals surface area contributed by atoms with Gasteiger partial charge < -0.3 is 9.73 Å². The van der Waals surface area contributed by atoms with Gasteiger partial charge in [-0.15, -0.1) is 0 Å². The van der Waals surface area contributed by atoms with E-state index in [0.717, 1.165) is 31.0 Å². The second-order valence-electron chi connectivity index (χ2n) is 2.15. The highest BCUT2D eigenvalue weighted by atomic mass is 16.3. The number of fused-ring (bicyclic) bond motifs is 1. The summed E-state index contributed by atoms with van der Waals surface area (Å²) < 4.78 is 5.10. The van der Waals surface area contributed by atoms with Crippen LogP contribution in [0.25, 0.3) is 0 Å². The largest absolute Gasteiger partial charge is 0.448 e. The van der Waals surface area contributed by atoms with Gasteiger partial charge in [-0.3, -0.25) is 0 Å². The Bertz CT molecular complexity index is 187. The molecule has 2 rings (SSSR count). The Morgan fingerprint density at radius 2 is 2.36 bits per heavy atom. The molecular weight excluding hydrogens is 140 g/mol. The normalized spacial score (nSPS) is 14.7. The molecule has 0 aromatic carbocycles. The molecule has 0 saturated heterocycles. The van der Waals surface area contributed by atoms with Crippen molar-refractivity contribution in [3.63, 3.8) is 0 Å². The van der Waals surface area contributed by atoms with E-state index < -0.39 is 0 Å². The molecule has 2 heterocycles. The molecule has 0 radical (unpaired) electrons. The van der Waals surface area contributed by atoms with Gasteiger partial charge in [0.25, 0.3) is 0 Å². The SMILES string of the molecule is CC.c1nc2c(o1)CCNC2. The molecule has 1 aromatic rings. The van der Waals surface area contributed by atoms with Gasteiger partial charge in [0.05, 0.1) is 5.69 Å². The molecule has 1 aliphatic rings. The molecule has 0 saturated carbocycles. The summed E-state index contributed by atoms with van der Waals surface area (Å²) in [6.07, 6.45) is 2.49. The molecule has 1 aromatic heterocycles. The van der Waals surface area contributed by atoms with Crippen molar-refractivity contribution in [2.75, 3.05) is 6.54 Å². The van der Waals surface area contributed by atoms with E-state index in [-0.39, 0.29) is 0 Å². The van der Waals surface area contributed by atoms with E-state index in [1.165, 1.54) is 6.39 Å². The monoisotopic (exact) mass is 154 g/mol. The average Bonchev–Trinajstić information content (AvgIpc) is 2.55. The van der Waals surface area contributed by atoms with Gasteiger partial charge in [-0.25, -0.2) is 4.98 Å². The molecule has 1 aliphatic heterocycles. The van der Waals surface area contributed by atoms with Crippen LogP contribution in [0, 0.1) is 0 Å². The highest BCUT2D eigenvalue weighted by Crippen LogP contribution is 2.09. The predicted octanol–water partition coefficient (Wildman–Crippen LogP) is 1.35. The van der Waals surface area contributed by atoms with Gasteiger partial charge in [-0.05, 0) is 0 Å². The van der Waals surface area contributed by atoms with Crippen molar-refractivity contribution in [1.29, 1.82) is 0 Å². The molecule has 62 valence electrons. The minimum atomic E-state index is 0.867. The Morgan fingerprint density at radius 1 is 1.55 bits per heavy atom. The van der Waals surface area contributed by atoms with Gasteiger partial charge in [-0.2, -0.15) is 0 Å². The molecule has 0 atom stereocenters. The maximum absolute atomic E-state index is 5.10. The third-order valence-corrected chi connectivity index (χ3v) is 1.55. The van der Waals surface area contributed by atoms with Gasteiger partial charge in [0.2, 0.25) is 0 Å². The van der Waals surface area contributed by atoms with E-state index in [2.05, 4.69) is 10.3 Å². The van der Waals surface area contributed by atoms with Crippen molar-refractivity contribution in [2.45, 2.75) is 26.8 Å². The quantitative estimate of drug-likeness (QED) is 0.613. The predicted molar refractivity (Wildman–Crippen MR) is 43.3 cm³/mol. The first-order chi connectivity index (χ1) is 5.47. The van der Waals surface area contributed by atoms with Crippen LogP contribution in [0.4, 0.5) is 0 Å². The first kappa shape index (κ1) is 8.27. The first-order valence-corrected chi connectivity index (χ1v) is 4.09. The standard InChI is InChI=1S/C6H8N2O.C2H6/c1-2-7-3-5-6(1)9-4-8-5;1-2/h4,7H,1-3H2;1-2H3. The molecule has 1 N–H and O–H groups in total. The van der Waals surface area contributed by atoms with Crippen LogP contribution < -0.4 is 5.32 Å². The lowest BCUT2D eigenvalue weighted by molar-refractivity contribution is 0.474. The first-order valence-electron chi connectivity index (χ1n) is 4.09. The van der Waals surface area contributed by atoms with Gasteiger partial charge >= 0.3 is 0 Å². The molecule has 0 bridgehead atoms. The maximum Gasteiger partial charge on any atom is 0.181 e. The van der Waals surface area contributed by atoms with Crippen LogP contribution in [-0.2, 0) is 13.0 Å². The number of nitrogens with one attached hydrogen (secondary N) is 1. The van der Waals surface area contributed by atoms with Crippen molar-refractivity contribution in [3.05, 3.63) is 17.8 Å². The van der Waals surface area contributed by atoms with Crippen molar-refractivity contribution < 1.29 is 4.42 Å². The van der Waals surface area contributed by atoms with Crippen LogP contribution in [0.1, 0.15) is 25.3 Å². The lowest BCUT2D eigenvalue weighted by Gasteiger charge is -2.08. The van der Waals surface area contributed by atoms with E-state index in [4.69, 9.17) is 4.42 Å². The molecule has 0 aliphatic carbocycles. The number of hydrogen-bond donors (Lipinski definition) is 1. The fourth-order valence-electron chi connectivity index (χ4n) is 1.05. The summed E-state index contributed by atoms with van der Waals surface area (Å²) in [5.74, 6) is 1.05. The van der Waals surface area contributed by atoms with Crippen LogP contribution >= 0.6 is 0 Å². The fraction of sp³-hybridized carbons (Fsp3) is 0.625. The summed E-state index contributed by atoms with van der Waals surface area (Å²) in [6, 6.07) is 0. The molecule has 3 heteroatoms. The van der Waals surface area contributed by atoms with Crippen molar-refractivity contribution in [1.82, 2.24) is 10.3 Å². The summed E-state index contributed by atoms with van der Waals surface area (Å²) in [5, 5.41) is 3.20. The van der Waals surface area contributed by atoms with E-state index >= 15 is 0 Å². The Labute approximate surface area is 66.8 Å². The zero-order valence-electron chi connectivity index (χ0n) is 7.05. The lowest BCUT2D eigenvalue weighted by atomic mass is 10.2.